The van der Waals surface area contributed by atoms with Gasteiger partial charge in [0.2, 0.25) is 5.90 Å². The van der Waals surface area contributed by atoms with E-state index in [9.17, 15) is 0 Å². The zero-order valence-electron chi connectivity index (χ0n) is 20.5. The van der Waals surface area contributed by atoms with Crippen LogP contribution in [0.2, 0.25) is 0 Å². The molecule has 9 nitrogen and oxygen atoms in total. The summed E-state index contributed by atoms with van der Waals surface area (Å²) in [5.74, 6) is 2.47. The van der Waals surface area contributed by atoms with Gasteiger partial charge in [0.05, 0.1) is 25.5 Å². The number of anilines is 1. The molecule has 3 aliphatic rings. The van der Waals surface area contributed by atoms with E-state index in [1.165, 1.54) is 0 Å². The minimum atomic E-state index is 0.458. The molecule has 1 aromatic carbocycles. The van der Waals surface area contributed by atoms with Crippen LogP contribution in [-0.2, 0) is 9.47 Å². The molecule has 2 saturated heterocycles. The number of H-pyrrole nitrogens is 1. The third-order valence-electron chi connectivity index (χ3n) is 6.65. The molecule has 0 saturated carbocycles. The molecule has 0 bridgehead atoms. The Kier molecular flexibility index (Phi) is 6.27. The fourth-order valence-electron chi connectivity index (χ4n) is 4.83. The second-order valence-electron chi connectivity index (χ2n) is 9.33. The number of aromatic amines is 1. The van der Waals surface area contributed by atoms with Crippen molar-refractivity contribution < 1.29 is 14.2 Å². The standard InChI is InChI=1S/C27H30N6O3/c1-18(16-32-9-4-12-35-17-32)15-29-27-19(2)23-24(36-27)26(33-10-13-34-14-11-33)31-25(30-23)21-5-3-6-22-20(21)7-8-28-22/h3,5-8,15,28H,2,4,9-14,16-17H2,1H3/b18-15+,29-27?. The Labute approximate surface area is 210 Å². The van der Waals surface area contributed by atoms with Crippen molar-refractivity contribution in [3.05, 3.63) is 54.5 Å². The van der Waals surface area contributed by atoms with Crippen LogP contribution in [0.3, 0.4) is 0 Å². The predicted octanol–water partition coefficient (Wildman–Crippen LogP) is 3.85. The maximum absolute atomic E-state index is 6.26. The molecule has 3 aliphatic heterocycles. The minimum absolute atomic E-state index is 0.458. The van der Waals surface area contributed by atoms with E-state index < -0.39 is 0 Å². The van der Waals surface area contributed by atoms with Gasteiger partial charge < -0.3 is 24.1 Å². The van der Waals surface area contributed by atoms with Crippen LogP contribution >= 0.6 is 0 Å². The molecule has 2 fully saturated rings. The van der Waals surface area contributed by atoms with Crippen LogP contribution in [0.25, 0.3) is 27.9 Å². The smallest absolute Gasteiger partial charge is 0.228 e. The van der Waals surface area contributed by atoms with E-state index in [0.717, 1.165) is 67.1 Å². The van der Waals surface area contributed by atoms with Crippen molar-refractivity contribution in [1.29, 1.82) is 0 Å². The summed E-state index contributed by atoms with van der Waals surface area (Å²) in [5, 5.41) is 1.07. The first kappa shape index (κ1) is 22.9. The molecule has 0 aliphatic carbocycles. The molecule has 0 unspecified atom stereocenters. The highest BCUT2D eigenvalue weighted by Crippen LogP contribution is 2.41. The summed E-state index contributed by atoms with van der Waals surface area (Å²) in [6.07, 6.45) is 4.84. The number of fused-ring (bicyclic) bond motifs is 2. The lowest BCUT2D eigenvalue weighted by Gasteiger charge is -2.28. The summed E-state index contributed by atoms with van der Waals surface area (Å²) in [6, 6.07) is 8.16. The number of benzene rings is 1. The lowest BCUT2D eigenvalue weighted by atomic mass is 10.1. The molecule has 9 heteroatoms. The quantitative estimate of drug-likeness (QED) is 0.586. The Morgan fingerprint density at radius 3 is 2.86 bits per heavy atom. The van der Waals surface area contributed by atoms with Crippen molar-refractivity contribution in [3.63, 3.8) is 0 Å². The highest BCUT2D eigenvalue weighted by molar-refractivity contribution is 6.24. The Morgan fingerprint density at radius 2 is 2.03 bits per heavy atom. The van der Waals surface area contributed by atoms with Crippen molar-refractivity contribution in [3.8, 4) is 17.1 Å². The fraction of sp³-hybridized carbons (Fsp3) is 0.370. The van der Waals surface area contributed by atoms with Gasteiger partial charge in [-0.25, -0.2) is 15.0 Å². The van der Waals surface area contributed by atoms with Crippen LogP contribution in [0.4, 0.5) is 5.82 Å². The topological polar surface area (TPSA) is 88.1 Å². The summed E-state index contributed by atoms with van der Waals surface area (Å²) in [5.41, 5.74) is 4.47. The first-order chi connectivity index (χ1) is 17.7. The SMILES string of the molecule is C=C1C(=N/C=C(\C)CN2CCCOC2)Oc2c1nc(-c1cccc3[nH]ccc13)nc2N1CCOCC1. The van der Waals surface area contributed by atoms with E-state index in [1.807, 2.05) is 30.6 Å². The summed E-state index contributed by atoms with van der Waals surface area (Å²) in [4.78, 5) is 22.3. The van der Waals surface area contributed by atoms with E-state index in [4.69, 9.17) is 24.2 Å². The largest absolute Gasteiger partial charge is 0.432 e. The van der Waals surface area contributed by atoms with E-state index in [0.29, 0.717) is 48.7 Å². The van der Waals surface area contributed by atoms with Gasteiger partial charge in [-0.3, -0.25) is 4.90 Å². The van der Waals surface area contributed by atoms with E-state index in [2.05, 4.69) is 39.3 Å². The Hall–Kier alpha value is -3.53. The number of nitrogens with one attached hydrogen (secondary N) is 1. The molecule has 2 aromatic heterocycles. The normalized spacial score (nSPS) is 20.2. The number of hydrogen-bond acceptors (Lipinski definition) is 8. The second kappa shape index (κ2) is 9.85. The number of aromatic nitrogens is 3. The number of nitrogens with zero attached hydrogens (tertiary/aromatic N) is 5. The number of ether oxygens (including phenoxy) is 3. The molecule has 3 aromatic rings. The Bertz CT molecular complexity index is 1350. The second-order valence-corrected chi connectivity index (χ2v) is 9.33. The average molecular weight is 487 g/mol. The predicted molar refractivity (Wildman–Crippen MR) is 140 cm³/mol. The van der Waals surface area contributed by atoms with Crippen LogP contribution < -0.4 is 9.64 Å². The maximum Gasteiger partial charge on any atom is 0.228 e. The molecule has 5 heterocycles. The molecular formula is C27H30N6O3. The number of morpholine rings is 1. The molecule has 1 N–H and O–H groups in total. The van der Waals surface area contributed by atoms with Crippen molar-refractivity contribution >= 4 is 28.2 Å². The molecule has 6 rings (SSSR count). The van der Waals surface area contributed by atoms with Crippen LogP contribution in [0.5, 0.6) is 5.75 Å². The van der Waals surface area contributed by atoms with Gasteiger partial charge in [0, 0.05) is 61.6 Å². The third-order valence-corrected chi connectivity index (χ3v) is 6.65. The van der Waals surface area contributed by atoms with E-state index in [1.54, 1.807) is 0 Å². The minimum Gasteiger partial charge on any atom is -0.432 e. The molecule has 36 heavy (non-hydrogen) atoms. The van der Waals surface area contributed by atoms with Crippen LogP contribution in [-0.4, -0.2) is 78.5 Å². The highest BCUT2D eigenvalue weighted by atomic mass is 16.5. The molecule has 0 atom stereocenters. The summed E-state index contributed by atoms with van der Waals surface area (Å²) < 4.78 is 17.4. The monoisotopic (exact) mass is 486 g/mol. The van der Waals surface area contributed by atoms with Crippen LogP contribution in [0.1, 0.15) is 19.0 Å². The van der Waals surface area contributed by atoms with E-state index >= 15 is 0 Å². The highest BCUT2D eigenvalue weighted by Gasteiger charge is 2.33. The lowest BCUT2D eigenvalue weighted by molar-refractivity contribution is -0.00827. The number of rotatable bonds is 5. The molecular weight excluding hydrogens is 456 g/mol. The van der Waals surface area contributed by atoms with Crippen molar-refractivity contribution in [2.24, 2.45) is 4.99 Å². The van der Waals surface area contributed by atoms with Crippen molar-refractivity contribution in [2.45, 2.75) is 13.3 Å². The van der Waals surface area contributed by atoms with Gasteiger partial charge in [0.25, 0.3) is 0 Å². The fourth-order valence-corrected chi connectivity index (χ4v) is 4.83. The first-order valence-electron chi connectivity index (χ1n) is 12.4. The lowest BCUT2D eigenvalue weighted by Crippen LogP contribution is -2.37. The average Bonchev–Trinajstić information content (AvgIpc) is 3.52. The number of hydrogen-bond donors (Lipinski definition) is 1. The van der Waals surface area contributed by atoms with Crippen molar-refractivity contribution in [2.75, 3.05) is 57.6 Å². The van der Waals surface area contributed by atoms with Crippen LogP contribution in [0.15, 0.2) is 53.8 Å². The molecule has 186 valence electrons. The first-order valence-corrected chi connectivity index (χ1v) is 12.4. The van der Waals surface area contributed by atoms with Gasteiger partial charge >= 0.3 is 0 Å². The Balaban J connectivity index is 1.36. The van der Waals surface area contributed by atoms with Gasteiger partial charge in [-0.2, -0.15) is 0 Å². The van der Waals surface area contributed by atoms with Gasteiger partial charge in [-0.15, -0.1) is 0 Å². The maximum atomic E-state index is 6.26. The van der Waals surface area contributed by atoms with Gasteiger partial charge in [0.15, 0.2) is 17.4 Å². The molecule has 0 spiro atoms. The zero-order chi connectivity index (χ0) is 24.5. The third kappa shape index (κ3) is 4.41. The summed E-state index contributed by atoms with van der Waals surface area (Å²) in [6.45, 7) is 12.4. The van der Waals surface area contributed by atoms with Crippen molar-refractivity contribution in [1.82, 2.24) is 19.9 Å². The summed E-state index contributed by atoms with van der Waals surface area (Å²) in [7, 11) is 0. The molecule has 0 amide bonds. The van der Waals surface area contributed by atoms with Gasteiger partial charge in [0.1, 0.15) is 5.69 Å². The van der Waals surface area contributed by atoms with E-state index in [-0.39, 0.29) is 0 Å². The summed E-state index contributed by atoms with van der Waals surface area (Å²) >= 11 is 0. The molecule has 0 radical (unpaired) electrons. The van der Waals surface area contributed by atoms with Gasteiger partial charge in [-0.05, 0) is 31.1 Å². The Morgan fingerprint density at radius 1 is 1.14 bits per heavy atom. The number of aliphatic imine (C=N–C) groups is 1. The van der Waals surface area contributed by atoms with Crippen LogP contribution in [0, 0.1) is 0 Å². The van der Waals surface area contributed by atoms with Gasteiger partial charge in [-0.1, -0.05) is 18.7 Å². The zero-order valence-corrected chi connectivity index (χ0v) is 20.5.